The van der Waals surface area contributed by atoms with Gasteiger partial charge in [0.05, 0.1) is 0 Å². The molecule has 0 fully saturated rings. The van der Waals surface area contributed by atoms with Crippen molar-refractivity contribution in [2.24, 2.45) is 4.99 Å². The van der Waals surface area contributed by atoms with Crippen LogP contribution >= 0.6 is 0 Å². The average Bonchev–Trinajstić information content (AvgIpc) is 2.26. The molecule has 0 aromatic rings. The summed E-state index contributed by atoms with van der Waals surface area (Å²) in [6.45, 7) is 6.21. The van der Waals surface area contributed by atoms with Gasteiger partial charge in [-0.25, -0.2) is 0 Å². The first-order valence-corrected chi connectivity index (χ1v) is 4.68. The van der Waals surface area contributed by atoms with Gasteiger partial charge in [0.1, 0.15) is 6.04 Å². The molecule has 1 N–H and O–H groups in total. The smallest absolute Gasteiger partial charge is 0.244 e. The van der Waals surface area contributed by atoms with Crippen LogP contribution in [0.25, 0.3) is 0 Å². The van der Waals surface area contributed by atoms with E-state index in [0.29, 0.717) is 0 Å². The van der Waals surface area contributed by atoms with Gasteiger partial charge < -0.3 is 5.32 Å². The van der Waals surface area contributed by atoms with Crippen molar-refractivity contribution in [2.75, 3.05) is 6.54 Å². The number of aliphatic imine (C=N–C) groups is 1. The third-order valence-corrected chi connectivity index (χ3v) is 2.11. The highest BCUT2D eigenvalue weighted by molar-refractivity contribution is 5.91. The number of hydrogen-bond donors (Lipinski definition) is 1. The standard InChI is InChI=1S/C10H16N2O/c1-3-4-5-9-6-7-11-10(13)8(2)12-9/h3,8H,1,4-7H2,2H3,(H,11,13). The molecular weight excluding hydrogens is 164 g/mol. The predicted molar refractivity (Wildman–Crippen MR) is 54.0 cm³/mol. The van der Waals surface area contributed by atoms with Crippen LogP contribution in [0.2, 0.25) is 0 Å². The molecule has 0 aromatic heterocycles. The van der Waals surface area contributed by atoms with Gasteiger partial charge in [0.2, 0.25) is 5.91 Å². The summed E-state index contributed by atoms with van der Waals surface area (Å²) >= 11 is 0. The minimum atomic E-state index is -0.220. The summed E-state index contributed by atoms with van der Waals surface area (Å²) in [4.78, 5) is 15.5. The molecule has 3 nitrogen and oxygen atoms in total. The van der Waals surface area contributed by atoms with Crippen LogP contribution in [-0.2, 0) is 4.79 Å². The van der Waals surface area contributed by atoms with Crippen LogP contribution in [0.1, 0.15) is 26.2 Å². The molecular formula is C10H16N2O. The molecule has 1 rings (SSSR count). The maximum absolute atomic E-state index is 11.2. The number of hydrogen-bond acceptors (Lipinski definition) is 2. The van der Waals surface area contributed by atoms with Crippen LogP contribution in [0, 0.1) is 0 Å². The van der Waals surface area contributed by atoms with E-state index < -0.39 is 0 Å². The van der Waals surface area contributed by atoms with E-state index in [0.717, 1.165) is 31.5 Å². The molecule has 0 saturated heterocycles. The van der Waals surface area contributed by atoms with Crippen LogP contribution in [0.3, 0.4) is 0 Å². The number of amides is 1. The van der Waals surface area contributed by atoms with Crippen LogP contribution in [0.4, 0.5) is 0 Å². The molecule has 1 unspecified atom stereocenters. The molecule has 0 aromatic carbocycles. The van der Waals surface area contributed by atoms with Crippen molar-refractivity contribution in [3.8, 4) is 0 Å². The highest BCUT2D eigenvalue weighted by Gasteiger charge is 2.15. The minimum absolute atomic E-state index is 0.0357. The van der Waals surface area contributed by atoms with Gasteiger partial charge >= 0.3 is 0 Å². The lowest BCUT2D eigenvalue weighted by Gasteiger charge is -2.02. The first kappa shape index (κ1) is 9.96. The summed E-state index contributed by atoms with van der Waals surface area (Å²) in [5.41, 5.74) is 1.13. The lowest BCUT2D eigenvalue weighted by Crippen LogP contribution is -2.30. The van der Waals surface area contributed by atoms with E-state index in [4.69, 9.17) is 0 Å². The predicted octanol–water partition coefficient (Wildman–Crippen LogP) is 1.30. The van der Waals surface area contributed by atoms with Crippen molar-refractivity contribution in [3.05, 3.63) is 12.7 Å². The molecule has 72 valence electrons. The van der Waals surface area contributed by atoms with E-state index in [-0.39, 0.29) is 11.9 Å². The Morgan fingerprint density at radius 3 is 3.23 bits per heavy atom. The van der Waals surface area contributed by atoms with Gasteiger partial charge in [0.25, 0.3) is 0 Å². The fourth-order valence-corrected chi connectivity index (χ4v) is 1.33. The first-order valence-electron chi connectivity index (χ1n) is 4.68. The summed E-state index contributed by atoms with van der Waals surface area (Å²) < 4.78 is 0. The zero-order valence-corrected chi connectivity index (χ0v) is 8.05. The average molecular weight is 180 g/mol. The maximum atomic E-state index is 11.2. The lowest BCUT2D eigenvalue weighted by atomic mass is 10.1. The van der Waals surface area contributed by atoms with Gasteiger partial charge in [-0.3, -0.25) is 9.79 Å². The molecule has 0 spiro atoms. The van der Waals surface area contributed by atoms with Crippen molar-refractivity contribution < 1.29 is 4.79 Å². The van der Waals surface area contributed by atoms with Gasteiger partial charge in [-0.05, 0) is 19.8 Å². The molecule has 0 radical (unpaired) electrons. The summed E-state index contributed by atoms with van der Waals surface area (Å²) in [6, 6.07) is -0.220. The SMILES string of the molecule is C=CCCC1=NC(C)C(=O)NCC1. The molecule has 0 bridgehead atoms. The third-order valence-electron chi connectivity index (χ3n) is 2.11. The molecule has 0 saturated carbocycles. The van der Waals surface area contributed by atoms with Gasteiger partial charge in [0.15, 0.2) is 0 Å². The fraction of sp³-hybridized carbons (Fsp3) is 0.600. The molecule has 0 aliphatic carbocycles. The van der Waals surface area contributed by atoms with Crippen LogP contribution in [0.5, 0.6) is 0 Å². The number of nitrogens with one attached hydrogen (secondary N) is 1. The second-order valence-electron chi connectivity index (χ2n) is 3.24. The summed E-state index contributed by atoms with van der Waals surface area (Å²) in [5, 5.41) is 2.82. The minimum Gasteiger partial charge on any atom is -0.354 e. The number of nitrogens with zero attached hydrogens (tertiary/aromatic N) is 1. The quantitative estimate of drug-likeness (QED) is 0.653. The summed E-state index contributed by atoms with van der Waals surface area (Å²) in [7, 11) is 0. The highest BCUT2D eigenvalue weighted by atomic mass is 16.2. The molecule has 1 heterocycles. The monoisotopic (exact) mass is 180 g/mol. The Bertz CT molecular complexity index is 233. The van der Waals surface area contributed by atoms with E-state index in [1.54, 1.807) is 0 Å². The topological polar surface area (TPSA) is 41.5 Å². The Hall–Kier alpha value is -1.12. The Balaban J connectivity index is 2.56. The van der Waals surface area contributed by atoms with Crippen LogP contribution < -0.4 is 5.32 Å². The van der Waals surface area contributed by atoms with Crippen molar-refractivity contribution in [2.45, 2.75) is 32.2 Å². The summed E-state index contributed by atoms with van der Waals surface area (Å²) in [5.74, 6) is 0.0357. The van der Waals surface area contributed by atoms with E-state index in [9.17, 15) is 4.79 Å². The summed E-state index contributed by atoms with van der Waals surface area (Å²) in [6.07, 6.45) is 4.64. The van der Waals surface area contributed by atoms with Crippen LogP contribution in [0.15, 0.2) is 17.6 Å². The van der Waals surface area contributed by atoms with Crippen LogP contribution in [-0.4, -0.2) is 24.2 Å². The van der Waals surface area contributed by atoms with Gasteiger partial charge in [-0.15, -0.1) is 6.58 Å². The van der Waals surface area contributed by atoms with Gasteiger partial charge in [-0.2, -0.15) is 0 Å². The van der Waals surface area contributed by atoms with E-state index in [1.807, 2.05) is 13.0 Å². The largest absolute Gasteiger partial charge is 0.354 e. The zero-order valence-electron chi connectivity index (χ0n) is 8.05. The Morgan fingerprint density at radius 1 is 1.77 bits per heavy atom. The molecule has 1 atom stereocenters. The van der Waals surface area contributed by atoms with E-state index in [2.05, 4.69) is 16.9 Å². The molecule has 1 amide bonds. The number of allylic oxidation sites excluding steroid dienone is 1. The second-order valence-corrected chi connectivity index (χ2v) is 3.24. The number of carbonyl (C=O) groups is 1. The zero-order chi connectivity index (χ0) is 9.68. The normalized spacial score (nSPS) is 23.0. The van der Waals surface area contributed by atoms with Crippen molar-refractivity contribution in [3.63, 3.8) is 0 Å². The second kappa shape index (κ2) is 4.80. The van der Waals surface area contributed by atoms with Gasteiger partial charge in [0, 0.05) is 18.7 Å². The highest BCUT2D eigenvalue weighted by Crippen LogP contribution is 2.04. The Kier molecular flexibility index (Phi) is 3.68. The molecule has 3 heteroatoms. The van der Waals surface area contributed by atoms with Crippen molar-refractivity contribution in [1.82, 2.24) is 5.32 Å². The maximum Gasteiger partial charge on any atom is 0.244 e. The van der Waals surface area contributed by atoms with Crippen molar-refractivity contribution >= 4 is 11.6 Å². The number of carbonyl (C=O) groups excluding carboxylic acids is 1. The van der Waals surface area contributed by atoms with Crippen molar-refractivity contribution in [1.29, 1.82) is 0 Å². The fourth-order valence-electron chi connectivity index (χ4n) is 1.33. The Morgan fingerprint density at radius 2 is 2.54 bits per heavy atom. The van der Waals surface area contributed by atoms with E-state index in [1.165, 1.54) is 0 Å². The van der Waals surface area contributed by atoms with E-state index >= 15 is 0 Å². The lowest BCUT2D eigenvalue weighted by molar-refractivity contribution is -0.121. The number of rotatable bonds is 3. The molecule has 1 aliphatic rings. The van der Waals surface area contributed by atoms with Gasteiger partial charge in [-0.1, -0.05) is 6.08 Å². The Labute approximate surface area is 78.9 Å². The molecule has 13 heavy (non-hydrogen) atoms. The first-order chi connectivity index (χ1) is 6.24. The molecule has 1 aliphatic heterocycles. The third kappa shape index (κ3) is 3.01.